The van der Waals surface area contributed by atoms with Crippen LogP contribution < -0.4 is 28.6 Å². The second-order valence-corrected chi connectivity index (χ2v) is 12.5. The second kappa shape index (κ2) is 15.5. The van der Waals surface area contributed by atoms with Crippen molar-refractivity contribution in [3.8, 4) is 23.0 Å². The third-order valence-corrected chi connectivity index (χ3v) is 8.92. The van der Waals surface area contributed by atoms with E-state index < -0.39 is 28.5 Å². The molecule has 0 aliphatic heterocycles. The molecule has 0 bridgehead atoms. The number of carbonyl (C=O) groups excluding carboxylic acids is 2. The van der Waals surface area contributed by atoms with E-state index in [2.05, 4.69) is 5.32 Å². The van der Waals surface area contributed by atoms with Crippen molar-refractivity contribution >= 4 is 27.5 Å². The molecule has 3 aromatic carbocycles. The van der Waals surface area contributed by atoms with E-state index in [-0.39, 0.29) is 40.6 Å². The Morgan fingerprint density at radius 1 is 0.822 bits per heavy atom. The Kier molecular flexibility index (Phi) is 12.1. The standard InChI is InChI=1S/C33H43N3O8S/c1-9-27(33(38)34-22(2)3)35(20-24-12-10-23(4)11-13-24)32(37)21-36(28-18-25(41-5)14-16-29(28)42-6)45(39,40)26-15-17-30(43-7)31(19-26)44-8/h10-19,22,27H,9,20-21H2,1-8H3,(H,34,38)/t27-/m0/s1. The summed E-state index contributed by atoms with van der Waals surface area (Å²) in [6, 6.07) is 15.4. The first-order valence-electron chi connectivity index (χ1n) is 14.5. The Hall–Kier alpha value is -4.45. The maximum absolute atomic E-state index is 14.4. The summed E-state index contributed by atoms with van der Waals surface area (Å²) in [5, 5.41) is 2.89. The molecule has 3 aromatic rings. The molecule has 1 N–H and O–H groups in total. The minimum absolute atomic E-state index is 0.0787. The Labute approximate surface area is 266 Å². The van der Waals surface area contributed by atoms with Gasteiger partial charge in [0.1, 0.15) is 24.1 Å². The predicted molar refractivity (Wildman–Crippen MR) is 173 cm³/mol. The molecule has 0 fully saturated rings. The molecule has 12 heteroatoms. The number of amides is 2. The van der Waals surface area contributed by atoms with Crippen LogP contribution in [0.3, 0.4) is 0 Å². The van der Waals surface area contributed by atoms with Crippen molar-refractivity contribution in [2.24, 2.45) is 0 Å². The third-order valence-electron chi connectivity index (χ3n) is 7.17. The Balaban J connectivity index is 2.20. The van der Waals surface area contributed by atoms with E-state index >= 15 is 0 Å². The summed E-state index contributed by atoms with van der Waals surface area (Å²) in [6.07, 6.45) is 0.307. The van der Waals surface area contributed by atoms with E-state index in [1.807, 2.05) is 52.0 Å². The van der Waals surface area contributed by atoms with Crippen molar-refractivity contribution in [3.05, 3.63) is 71.8 Å². The van der Waals surface area contributed by atoms with Crippen molar-refractivity contribution < 1.29 is 37.0 Å². The summed E-state index contributed by atoms with van der Waals surface area (Å²) >= 11 is 0. The van der Waals surface area contributed by atoms with Crippen LogP contribution in [-0.2, 0) is 26.2 Å². The largest absolute Gasteiger partial charge is 0.497 e. The number of nitrogens with one attached hydrogen (secondary N) is 1. The number of methoxy groups -OCH3 is 4. The lowest BCUT2D eigenvalue weighted by molar-refractivity contribution is -0.140. The van der Waals surface area contributed by atoms with Crippen molar-refractivity contribution in [1.29, 1.82) is 0 Å². The van der Waals surface area contributed by atoms with Crippen LogP contribution in [-0.4, -0.2) is 72.2 Å². The average Bonchev–Trinajstić information content (AvgIpc) is 3.03. The van der Waals surface area contributed by atoms with Crippen LogP contribution >= 0.6 is 0 Å². The van der Waals surface area contributed by atoms with Gasteiger partial charge in [-0.1, -0.05) is 36.8 Å². The minimum atomic E-state index is -4.43. The monoisotopic (exact) mass is 641 g/mol. The number of nitrogens with zero attached hydrogens (tertiary/aromatic N) is 2. The smallest absolute Gasteiger partial charge is 0.265 e. The zero-order valence-corrected chi connectivity index (χ0v) is 27.9. The van der Waals surface area contributed by atoms with Crippen molar-refractivity contribution in [2.45, 2.75) is 57.6 Å². The highest BCUT2D eigenvalue weighted by Gasteiger charge is 2.35. The molecular weight excluding hydrogens is 598 g/mol. The minimum Gasteiger partial charge on any atom is -0.497 e. The van der Waals surface area contributed by atoms with Crippen LogP contribution in [0, 0.1) is 6.92 Å². The quantitative estimate of drug-likeness (QED) is 0.256. The van der Waals surface area contributed by atoms with Crippen molar-refractivity contribution in [3.63, 3.8) is 0 Å². The van der Waals surface area contributed by atoms with Crippen LogP contribution in [0.5, 0.6) is 23.0 Å². The van der Waals surface area contributed by atoms with Gasteiger partial charge < -0.3 is 29.2 Å². The lowest BCUT2D eigenvalue weighted by atomic mass is 10.1. The molecule has 2 amide bonds. The highest BCUT2D eigenvalue weighted by molar-refractivity contribution is 7.92. The number of hydrogen-bond donors (Lipinski definition) is 1. The molecule has 0 saturated carbocycles. The topological polar surface area (TPSA) is 124 Å². The van der Waals surface area contributed by atoms with Crippen molar-refractivity contribution in [1.82, 2.24) is 10.2 Å². The molecule has 1 atom stereocenters. The normalized spacial score (nSPS) is 11.8. The SMILES string of the molecule is CC[C@@H](C(=O)NC(C)C)N(Cc1ccc(C)cc1)C(=O)CN(c1cc(OC)ccc1OC)S(=O)(=O)c1ccc(OC)c(OC)c1. The summed E-state index contributed by atoms with van der Waals surface area (Å²) in [4.78, 5) is 29.0. The number of carbonyl (C=O) groups is 2. The first kappa shape index (κ1) is 35.0. The van der Waals surface area contributed by atoms with Gasteiger partial charge in [0, 0.05) is 24.7 Å². The molecule has 0 saturated heterocycles. The Morgan fingerprint density at radius 3 is 2.00 bits per heavy atom. The average molecular weight is 642 g/mol. The van der Waals surface area contributed by atoms with Crippen LogP contribution in [0.25, 0.3) is 0 Å². The maximum atomic E-state index is 14.4. The number of anilines is 1. The fourth-order valence-corrected chi connectivity index (χ4v) is 6.23. The number of sulfonamides is 1. The summed E-state index contributed by atoms with van der Waals surface area (Å²) in [5.74, 6) is 0.160. The highest BCUT2D eigenvalue weighted by Crippen LogP contribution is 2.38. The van der Waals surface area contributed by atoms with Crippen LogP contribution in [0.4, 0.5) is 5.69 Å². The molecule has 0 aliphatic rings. The van der Waals surface area contributed by atoms with Gasteiger partial charge in [-0.15, -0.1) is 0 Å². The van der Waals surface area contributed by atoms with Crippen LogP contribution in [0.2, 0.25) is 0 Å². The molecule has 0 aliphatic carbocycles. The number of ether oxygens (including phenoxy) is 4. The van der Waals surface area contributed by atoms with Crippen LogP contribution in [0.15, 0.2) is 65.6 Å². The molecular formula is C33H43N3O8S. The molecule has 0 spiro atoms. The van der Waals surface area contributed by atoms with Crippen molar-refractivity contribution in [2.75, 3.05) is 39.3 Å². The van der Waals surface area contributed by atoms with E-state index in [9.17, 15) is 18.0 Å². The van der Waals surface area contributed by atoms with Crippen LogP contribution in [0.1, 0.15) is 38.3 Å². The van der Waals surface area contributed by atoms with E-state index in [1.54, 1.807) is 12.1 Å². The molecule has 45 heavy (non-hydrogen) atoms. The summed E-state index contributed by atoms with van der Waals surface area (Å²) in [6.45, 7) is 6.88. The van der Waals surface area contributed by atoms with Gasteiger partial charge in [-0.25, -0.2) is 8.42 Å². The Morgan fingerprint density at radius 2 is 1.44 bits per heavy atom. The fraction of sp³-hybridized carbons (Fsp3) is 0.394. The fourth-order valence-electron chi connectivity index (χ4n) is 4.80. The van der Waals surface area contributed by atoms with E-state index in [0.717, 1.165) is 15.4 Å². The number of benzene rings is 3. The maximum Gasteiger partial charge on any atom is 0.265 e. The van der Waals surface area contributed by atoms with Gasteiger partial charge in [0.05, 0.1) is 39.0 Å². The molecule has 244 valence electrons. The lowest BCUT2D eigenvalue weighted by Gasteiger charge is -2.34. The van der Waals surface area contributed by atoms with Gasteiger partial charge in [0.2, 0.25) is 11.8 Å². The number of hydrogen-bond acceptors (Lipinski definition) is 8. The summed E-state index contributed by atoms with van der Waals surface area (Å²) < 4.78 is 51.4. The van der Waals surface area contributed by atoms with Gasteiger partial charge in [0.25, 0.3) is 10.0 Å². The lowest BCUT2D eigenvalue weighted by Crippen LogP contribution is -2.53. The van der Waals surface area contributed by atoms with E-state index in [4.69, 9.17) is 18.9 Å². The number of aryl methyl sites for hydroxylation is 1. The van der Waals surface area contributed by atoms with Gasteiger partial charge >= 0.3 is 0 Å². The molecule has 11 nitrogen and oxygen atoms in total. The predicted octanol–water partition coefficient (Wildman–Crippen LogP) is 4.56. The summed E-state index contributed by atoms with van der Waals surface area (Å²) in [5.41, 5.74) is 1.91. The van der Waals surface area contributed by atoms with Gasteiger partial charge in [-0.2, -0.15) is 0 Å². The first-order valence-corrected chi connectivity index (χ1v) is 16.0. The zero-order valence-electron chi connectivity index (χ0n) is 27.1. The molecule has 0 unspecified atom stereocenters. The van der Waals surface area contributed by atoms with Gasteiger partial charge in [0.15, 0.2) is 11.5 Å². The summed E-state index contributed by atoms with van der Waals surface area (Å²) in [7, 11) is 1.27. The molecule has 3 rings (SSSR count). The third kappa shape index (κ3) is 8.39. The van der Waals surface area contributed by atoms with Gasteiger partial charge in [-0.3, -0.25) is 13.9 Å². The van der Waals surface area contributed by atoms with E-state index in [1.165, 1.54) is 57.6 Å². The number of rotatable bonds is 15. The van der Waals surface area contributed by atoms with Gasteiger partial charge in [-0.05, 0) is 57.0 Å². The highest BCUT2D eigenvalue weighted by atomic mass is 32.2. The molecule has 0 radical (unpaired) electrons. The second-order valence-electron chi connectivity index (χ2n) is 10.7. The zero-order chi connectivity index (χ0) is 33.3. The molecule has 0 heterocycles. The molecule has 0 aromatic heterocycles. The first-order chi connectivity index (χ1) is 21.4. The van der Waals surface area contributed by atoms with E-state index in [0.29, 0.717) is 17.9 Å². The Bertz CT molecular complexity index is 1580.